The second kappa shape index (κ2) is 10.4. The highest BCUT2D eigenvalue weighted by Crippen LogP contribution is 2.46. The van der Waals surface area contributed by atoms with Crippen molar-refractivity contribution in [3.05, 3.63) is 0 Å². The molecule has 0 amide bonds. The Morgan fingerprint density at radius 3 is 1.85 bits per heavy atom. The third-order valence-electron chi connectivity index (χ3n) is 6.74. The number of carbonyl (C=O) groups excluding carboxylic acids is 2. The Hall–Kier alpha value is -1.52. The Labute approximate surface area is 190 Å². The van der Waals surface area contributed by atoms with Gasteiger partial charge >= 0.3 is 24.3 Å². The van der Waals surface area contributed by atoms with Crippen LogP contribution in [0.2, 0.25) is 0 Å². The molecule has 5 nitrogen and oxygen atoms in total. The molecule has 1 N–H and O–H groups in total. The lowest BCUT2D eigenvalue weighted by Gasteiger charge is -2.35. The standard InChI is InChI=1S/C22H34F6O5/c1-6-18(5,12-14(3)16(29)33-19(7-2)10-8-9-11-19)17(30)32-15(4)13-20(31,21(23,24)25)22(26,27)28/h14-15,31H,6-13H2,1-5H3. The van der Waals surface area contributed by atoms with Crippen molar-refractivity contribution in [1.29, 1.82) is 0 Å². The van der Waals surface area contributed by atoms with Gasteiger partial charge in [-0.05, 0) is 58.8 Å². The smallest absolute Gasteiger partial charge is 0.426 e. The van der Waals surface area contributed by atoms with E-state index in [0.29, 0.717) is 6.42 Å². The Balaban J connectivity index is 2.88. The number of aliphatic hydroxyl groups is 1. The van der Waals surface area contributed by atoms with Gasteiger partial charge in [0.1, 0.15) is 11.7 Å². The second-order valence-corrected chi connectivity index (χ2v) is 9.46. The maximum atomic E-state index is 12.9. The van der Waals surface area contributed by atoms with Gasteiger partial charge in [-0.1, -0.05) is 20.8 Å². The first-order chi connectivity index (χ1) is 14.9. The lowest BCUT2D eigenvalue weighted by Crippen LogP contribution is -2.58. The summed E-state index contributed by atoms with van der Waals surface area (Å²) in [6.07, 6.45) is -11.7. The lowest BCUT2D eigenvalue weighted by molar-refractivity contribution is -0.373. The molecule has 11 heteroatoms. The van der Waals surface area contributed by atoms with Crippen LogP contribution in [0.5, 0.6) is 0 Å². The van der Waals surface area contributed by atoms with E-state index in [1.165, 1.54) is 6.92 Å². The van der Waals surface area contributed by atoms with Gasteiger partial charge in [0.05, 0.1) is 11.3 Å². The highest BCUT2D eigenvalue weighted by Gasteiger charge is 2.70. The molecule has 0 aliphatic heterocycles. The molecule has 0 aromatic rings. The van der Waals surface area contributed by atoms with Crippen molar-refractivity contribution < 1.29 is 50.5 Å². The van der Waals surface area contributed by atoms with Crippen LogP contribution in [0.25, 0.3) is 0 Å². The molecule has 194 valence electrons. The van der Waals surface area contributed by atoms with E-state index in [2.05, 4.69) is 0 Å². The van der Waals surface area contributed by atoms with Crippen molar-refractivity contribution in [3.63, 3.8) is 0 Å². The van der Waals surface area contributed by atoms with Crippen LogP contribution in [0.1, 0.15) is 86.0 Å². The first-order valence-corrected chi connectivity index (χ1v) is 11.2. The van der Waals surface area contributed by atoms with Crippen LogP contribution < -0.4 is 0 Å². The molecule has 0 bridgehead atoms. The third-order valence-corrected chi connectivity index (χ3v) is 6.74. The molecule has 1 fully saturated rings. The van der Waals surface area contributed by atoms with E-state index in [4.69, 9.17) is 9.47 Å². The van der Waals surface area contributed by atoms with Gasteiger partial charge in [-0.25, -0.2) is 0 Å². The van der Waals surface area contributed by atoms with E-state index in [0.717, 1.165) is 32.6 Å². The van der Waals surface area contributed by atoms with Crippen LogP contribution in [0, 0.1) is 11.3 Å². The third kappa shape index (κ3) is 6.76. The van der Waals surface area contributed by atoms with Gasteiger partial charge in [-0.3, -0.25) is 9.59 Å². The highest BCUT2D eigenvalue weighted by molar-refractivity contribution is 5.79. The fraction of sp³-hybridized carbons (Fsp3) is 0.909. The summed E-state index contributed by atoms with van der Waals surface area (Å²) < 4.78 is 88.2. The maximum absolute atomic E-state index is 12.9. The van der Waals surface area contributed by atoms with Crippen molar-refractivity contribution in [2.24, 2.45) is 11.3 Å². The minimum absolute atomic E-state index is 0.0590. The van der Waals surface area contributed by atoms with Crippen LogP contribution in [0.15, 0.2) is 0 Å². The summed E-state index contributed by atoms with van der Waals surface area (Å²) in [7, 11) is 0. The Bertz CT molecular complexity index is 670. The van der Waals surface area contributed by atoms with Crippen molar-refractivity contribution >= 4 is 11.9 Å². The zero-order valence-corrected chi connectivity index (χ0v) is 19.7. The summed E-state index contributed by atoms with van der Waals surface area (Å²) in [5, 5.41) is 9.33. The molecule has 1 saturated carbocycles. The number of ether oxygens (including phenoxy) is 2. The quantitative estimate of drug-likeness (QED) is 0.305. The zero-order chi connectivity index (χ0) is 25.9. The Kier molecular flexibility index (Phi) is 9.30. The van der Waals surface area contributed by atoms with Crippen LogP contribution in [0.4, 0.5) is 26.3 Å². The van der Waals surface area contributed by atoms with E-state index in [1.807, 2.05) is 6.92 Å². The van der Waals surface area contributed by atoms with Gasteiger partial charge in [-0.15, -0.1) is 0 Å². The van der Waals surface area contributed by atoms with Crippen molar-refractivity contribution in [1.82, 2.24) is 0 Å². The van der Waals surface area contributed by atoms with Gasteiger partial charge < -0.3 is 14.6 Å². The normalized spacial score (nSPS) is 20.6. The molecule has 0 heterocycles. The zero-order valence-electron chi connectivity index (χ0n) is 19.7. The lowest BCUT2D eigenvalue weighted by atomic mass is 9.79. The number of halogens is 6. The largest absolute Gasteiger partial charge is 0.462 e. The molecule has 0 aromatic heterocycles. The predicted octanol–water partition coefficient (Wildman–Crippen LogP) is 5.87. The van der Waals surface area contributed by atoms with Gasteiger partial charge in [0.15, 0.2) is 0 Å². The molecule has 3 unspecified atom stereocenters. The first kappa shape index (κ1) is 29.5. The van der Waals surface area contributed by atoms with Crippen molar-refractivity contribution in [2.75, 3.05) is 0 Å². The van der Waals surface area contributed by atoms with E-state index < -0.39 is 59.4 Å². The van der Waals surface area contributed by atoms with Crippen molar-refractivity contribution in [2.45, 2.75) is 116 Å². The molecule has 0 saturated heterocycles. The molecule has 1 aliphatic carbocycles. The molecule has 1 rings (SSSR count). The number of carbonyl (C=O) groups is 2. The Morgan fingerprint density at radius 2 is 1.45 bits per heavy atom. The Morgan fingerprint density at radius 1 is 0.970 bits per heavy atom. The minimum Gasteiger partial charge on any atom is -0.462 e. The number of alkyl halides is 6. The van der Waals surface area contributed by atoms with Crippen molar-refractivity contribution in [3.8, 4) is 0 Å². The van der Waals surface area contributed by atoms with Crippen LogP contribution in [-0.4, -0.2) is 46.7 Å². The molecule has 1 aliphatic rings. The summed E-state index contributed by atoms with van der Waals surface area (Å²) in [6, 6.07) is 0. The topological polar surface area (TPSA) is 72.8 Å². The molecular formula is C22H34F6O5. The summed E-state index contributed by atoms with van der Waals surface area (Å²) in [6.45, 7) is 7.34. The fourth-order valence-electron chi connectivity index (χ4n) is 4.17. The summed E-state index contributed by atoms with van der Waals surface area (Å²) in [4.78, 5) is 25.3. The van der Waals surface area contributed by atoms with Crippen LogP contribution in [-0.2, 0) is 19.1 Å². The van der Waals surface area contributed by atoms with Gasteiger partial charge in [0.2, 0.25) is 0 Å². The second-order valence-electron chi connectivity index (χ2n) is 9.46. The van der Waals surface area contributed by atoms with Crippen LogP contribution in [0.3, 0.4) is 0 Å². The van der Waals surface area contributed by atoms with E-state index in [9.17, 15) is 41.0 Å². The van der Waals surface area contributed by atoms with Gasteiger partial charge in [0, 0.05) is 6.42 Å². The monoisotopic (exact) mass is 492 g/mol. The SMILES string of the molecule is CCC1(OC(=O)C(C)CC(C)(CC)C(=O)OC(C)CC(O)(C(F)(F)F)C(F)(F)F)CCCC1. The number of hydrogen-bond donors (Lipinski definition) is 1. The minimum atomic E-state index is -6.01. The van der Waals surface area contributed by atoms with E-state index in [-0.39, 0.29) is 12.8 Å². The summed E-state index contributed by atoms with van der Waals surface area (Å²) >= 11 is 0. The van der Waals surface area contributed by atoms with Gasteiger partial charge in [-0.2, -0.15) is 26.3 Å². The number of hydrogen-bond acceptors (Lipinski definition) is 5. The van der Waals surface area contributed by atoms with Crippen LogP contribution >= 0.6 is 0 Å². The van der Waals surface area contributed by atoms with E-state index >= 15 is 0 Å². The maximum Gasteiger partial charge on any atom is 0.426 e. The molecule has 3 atom stereocenters. The average molecular weight is 492 g/mol. The van der Waals surface area contributed by atoms with Gasteiger partial charge in [0.25, 0.3) is 5.60 Å². The first-order valence-electron chi connectivity index (χ1n) is 11.2. The summed E-state index contributed by atoms with van der Waals surface area (Å²) in [5.74, 6) is -2.30. The summed E-state index contributed by atoms with van der Waals surface area (Å²) in [5.41, 5.74) is -6.91. The number of rotatable bonds is 10. The fourth-order valence-corrected chi connectivity index (χ4v) is 4.17. The molecule has 0 aromatic carbocycles. The highest BCUT2D eigenvalue weighted by atomic mass is 19.4. The molecule has 0 radical (unpaired) electrons. The van der Waals surface area contributed by atoms with E-state index in [1.54, 1.807) is 13.8 Å². The number of esters is 2. The average Bonchev–Trinajstić information content (AvgIpc) is 3.14. The predicted molar refractivity (Wildman–Crippen MR) is 107 cm³/mol. The molecular weight excluding hydrogens is 458 g/mol. The molecule has 33 heavy (non-hydrogen) atoms. The molecule has 0 spiro atoms.